The second kappa shape index (κ2) is 7.99. The Morgan fingerprint density at radius 1 is 1.15 bits per heavy atom. The smallest absolute Gasteiger partial charge is 0.121 e. The van der Waals surface area contributed by atoms with Gasteiger partial charge in [0.1, 0.15) is 5.82 Å². The minimum Gasteiger partial charge on any atom is -0.378 e. The lowest BCUT2D eigenvalue weighted by molar-refractivity contribution is 0.00213. The third-order valence-corrected chi connectivity index (χ3v) is 5.17. The predicted octanol–water partition coefficient (Wildman–Crippen LogP) is 2.94. The van der Waals surface area contributed by atoms with Gasteiger partial charge in [0.15, 0.2) is 0 Å². The van der Waals surface area contributed by atoms with Crippen molar-refractivity contribution in [3.8, 4) is 0 Å². The summed E-state index contributed by atoms with van der Waals surface area (Å²) in [5.41, 5.74) is 3.45. The van der Waals surface area contributed by atoms with Gasteiger partial charge in [0, 0.05) is 32.8 Å². The van der Waals surface area contributed by atoms with Crippen LogP contribution in [-0.2, 0) is 17.8 Å². The first kappa shape index (κ1) is 17.2. The molecule has 0 spiro atoms. The number of imidazole rings is 1. The number of methoxy groups -OCH3 is 1. The summed E-state index contributed by atoms with van der Waals surface area (Å²) in [7, 11) is 1.81. The number of hydrogen-bond acceptors (Lipinski definition) is 4. The zero-order valence-corrected chi connectivity index (χ0v) is 15.2. The molecule has 1 saturated heterocycles. The van der Waals surface area contributed by atoms with Crippen LogP contribution in [0, 0.1) is 0 Å². The first-order valence-electron chi connectivity index (χ1n) is 9.28. The quantitative estimate of drug-likeness (QED) is 0.718. The van der Waals surface area contributed by atoms with Crippen LogP contribution in [-0.4, -0.2) is 47.2 Å². The van der Waals surface area contributed by atoms with E-state index in [1.165, 1.54) is 5.56 Å². The molecule has 136 valence electrons. The van der Waals surface area contributed by atoms with Gasteiger partial charge in [-0.15, -0.1) is 0 Å². The van der Waals surface area contributed by atoms with Gasteiger partial charge >= 0.3 is 0 Å². The van der Waals surface area contributed by atoms with Gasteiger partial charge in [-0.05, 0) is 24.1 Å². The number of benzene rings is 2. The van der Waals surface area contributed by atoms with E-state index in [4.69, 9.17) is 9.72 Å². The van der Waals surface area contributed by atoms with Crippen molar-refractivity contribution in [1.82, 2.24) is 20.2 Å². The Morgan fingerprint density at radius 2 is 1.96 bits per heavy atom. The minimum atomic E-state index is 0.192. The number of hydrogen-bond donors (Lipinski definition) is 2. The van der Waals surface area contributed by atoms with Crippen molar-refractivity contribution in [2.75, 3.05) is 20.2 Å². The number of para-hydroxylation sites is 2. The van der Waals surface area contributed by atoms with Crippen LogP contribution in [0.1, 0.15) is 17.8 Å². The third-order valence-electron chi connectivity index (χ3n) is 5.17. The Balaban J connectivity index is 1.35. The average molecular weight is 350 g/mol. The highest BCUT2D eigenvalue weighted by molar-refractivity contribution is 5.74. The number of aromatic amines is 1. The van der Waals surface area contributed by atoms with Crippen LogP contribution in [0.15, 0.2) is 54.6 Å². The van der Waals surface area contributed by atoms with Crippen LogP contribution in [0.3, 0.4) is 0 Å². The van der Waals surface area contributed by atoms with Crippen LogP contribution in [0.5, 0.6) is 0 Å². The average Bonchev–Trinajstić information content (AvgIpc) is 3.10. The molecule has 5 heteroatoms. The lowest BCUT2D eigenvalue weighted by Crippen LogP contribution is -2.53. The molecule has 4 rings (SSSR count). The molecule has 2 N–H and O–H groups in total. The lowest BCUT2D eigenvalue weighted by Gasteiger charge is -2.38. The van der Waals surface area contributed by atoms with Gasteiger partial charge in [0.05, 0.1) is 23.7 Å². The van der Waals surface area contributed by atoms with Gasteiger partial charge in [0.2, 0.25) is 0 Å². The van der Waals surface area contributed by atoms with Crippen molar-refractivity contribution < 1.29 is 4.74 Å². The molecule has 1 aliphatic rings. The molecule has 5 nitrogen and oxygen atoms in total. The second-order valence-electron chi connectivity index (χ2n) is 6.97. The van der Waals surface area contributed by atoms with Crippen LogP contribution in [0.25, 0.3) is 11.0 Å². The van der Waals surface area contributed by atoms with Gasteiger partial charge in [-0.25, -0.2) is 4.98 Å². The zero-order chi connectivity index (χ0) is 17.8. The molecule has 1 fully saturated rings. The van der Waals surface area contributed by atoms with Crippen molar-refractivity contribution in [2.24, 2.45) is 0 Å². The van der Waals surface area contributed by atoms with Gasteiger partial charge in [-0.3, -0.25) is 4.90 Å². The van der Waals surface area contributed by atoms with E-state index in [-0.39, 0.29) is 6.10 Å². The summed E-state index contributed by atoms with van der Waals surface area (Å²) in [5.74, 6) is 1.02. The van der Waals surface area contributed by atoms with Crippen LogP contribution in [0.2, 0.25) is 0 Å². The number of fused-ring (bicyclic) bond motifs is 1. The van der Waals surface area contributed by atoms with E-state index in [1.807, 2.05) is 25.3 Å². The maximum atomic E-state index is 5.78. The second-order valence-corrected chi connectivity index (χ2v) is 6.97. The molecule has 0 unspecified atom stereocenters. The van der Waals surface area contributed by atoms with Crippen LogP contribution < -0.4 is 5.32 Å². The number of rotatable bonds is 6. The largest absolute Gasteiger partial charge is 0.378 e. The lowest BCUT2D eigenvalue weighted by atomic mass is 10.0. The van der Waals surface area contributed by atoms with E-state index in [1.54, 1.807) is 0 Å². The molecule has 2 heterocycles. The number of ether oxygens (including phenoxy) is 1. The molecule has 1 aromatic heterocycles. The standard InChI is InChI=1S/C21H26N4O/c1-26-20-14-25(15-21-23-17-9-5-6-10-18(17)24-21)12-11-19(20)22-13-16-7-3-2-4-8-16/h2-10,19-20,22H,11-15H2,1H3,(H,23,24)/t19-,20+/m0/s1. The molecular weight excluding hydrogens is 324 g/mol. The molecule has 2 atom stereocenters. The highest BCUT2D eigenvalue weighted by atomic mass is 16.5. The fourth-order valence-corrected chi connectivity index (χ4v) is 3.73. The number of likely N-dealkylation sites (tertiary alicyclic amines) is 1. The predicted molar refractivity (Wildman–Crippen MR) is 104 cm³/mol. The topological polar surface area (TPSA) is 53.2 Å². The summed E-state index contributed by atoms with van der Waals surface area (Å²) in [4.78, 5) is 10.5. The fraction of sp³-hybridized carbons (Fsp3) is 0.381. The first-order chi connectivity index (χ1) is 12.8. The van der Waals surface area contributed by atoms with Gasteiger partial charge in [-0.1, -0.05) is 42.5 Å². The summed E-state index contributed by atoms with van der Waals surface area (Å²) in [6.45, 7) is 3.68. The zero-order valence-electron chi connectivity index (χ0n) is 15.2. The summed E-state index contributed by atoms with van der Waals surface area (Å²) in [5, 5.41) is 3.67. The SMILES string of the molecule is CO[C@@H]1CN(Cc2nc3ccccc3[nH]2)CC[C@@H]1NCc1ccccc1. The molecule has 0 saturated carbocycles. The molecule has 0 amide bonds. The third kappa shape index (κ3) is 3.96. The van der Waals surface area contributed by atoms with E-state index < -0.39 is 0 Å². The highest BCUT2D eigenvalue weighted by Gasteiger charge is 2.29. The fourth-order valence-electron chi connectivity index (χ4n) is 3.73. The van der Waals surface area contributed by atoms with Gasteiger partial charge in [0.25, 0.3) is 0 Å². The molecular formula is C21H26N4O. The van der Waals surface area contributed by atoms with Crippen molar-refractivity contribution in [2.45, 2.75) is 31.7 Å². The number of nitrogens with zero attached hydrogens (tertiary/aromatic N) is 2. The van der Waals surface area contributed by atoms with E-state index in [2.05, 4.69) is 51.6 Å². The Hall–Kier alpha value is -2.21. The number of nitrogens with one attached hydrogen (secondary N) is 2. The highest BCUT2D eigenvalue weighted by Crippen LogP contribution is 2.18. The summed E-state index contributed by atoms with van der Waals surface area (Å²) >= 11 is 0. The maximum Gasteiger partial charge on any atom is 0.121 e. The summed E-state index contributed by atoms with van der Waals surface area (Å²) in [6.07, 6.45) is 1.27. The number of piperidine rings is 1. The van der Waals surface area contributed by atoms with Crippen molar-refractivity contribution in [3.63, 3.8) is 0 Å². The van der Waals surface area contributed by atoms with Crippen molar-refractivity contribution >= 4 is 11.0 Å². The van der Waals surface area contributed by atoms with E-state index >= 15 is 0 Å². The minimum absolute atomic E-state index is 0.192. The molecule has 0 bridgehead atoms. The van der Waals surface area contributed by atoms with Crippen LogP contribution >= 0.6 is 0 Å². The van der Waals surface area contributed by atoms with E-state index in [9.17, 15) is 0 Å². The molecule has 1 aliphatic heterocycles. The van der Waals surface area contributed by atoms with Gasteiger partial charge in [-0.2, -0.15) is 0 Å². The summed E-state index contributed by atoms with van der Waals surface area (Å²) < 4.78 is 5.78. The Labute approximate surface area is 154 Å². The number of H-pyrrole nitrogens is 1. The van der Waals surface area contributed by atoms with Crippen molar-refractivity contribution in [1.29, 1.82) is 0 Å². The molecule has 0 radical (unpaired) electrons. The van der Waals surface area contributed by atoms with E-state index in [0.29, 0.717) is 6.04 Å². The Bertz CT molecular complexity index is 799. The monoisotopic (exact) mass is 350 g/mol. The molecule has 0 aliphatic carbocycles. The first-order valence-corrected chi connectivity index (χ1v) is 9.28. The Morgan fingerprint density at radius 3 is 2.77 bits per heavy atom. The molecule has 3 aromatic rings. The molecule has 2 aromatic carbocycles. The maximum absolute atomic E-state index is 5.78. The Kier molecular flexibility index (Phi) is 5.29. The van der Waals surface area contributed by atoms with Crippen LogP contribution in [0.4, 0.5) is 0 Å². The van der Waals surface area contributed by atoms with Crippen molar-refractivity contribution in [3.05, 3.63) is 66.0 Å². The van der Waals surface area contributed by atoms with Gasteiger partial charge < -0.3 is 15.0 Å². The number of aromatic nitrogens is 2. The van der Waals surface area contributed by atoms with E-state index in [0.717, 1.165) is 49.5 Å². The normalized spacial score (nSPS) is 21.3. The molecule has 26 heavy (non-hydrogen) atoms. The summed E-state index contributed by atoms with van der Waals surface area (Å²) in [6, 6.07) is 19.1.